The van der Waals surface area contributed by atoms with Gasteiger partial charge in [-0.3, -0.25) is 9.59 Å². The Balaban J connectivity index is 1.40. The number of ether oxygens (including phenoxy) is 1. The van der Waals surface area contributed by atoms with Crippen molar-refractivity contribution in [3.8, 4) is 5.75 Å². The maximum atomic E-state index is 13.9. The van der Waals surface area contributed by atoms with E-state index >= 15 is 0 Å². The van der Waals surface area contributed by atoms with Crippen LogP contribution < -0.4 is 15.0 Å². The highest BCUT2D eigenvalue weighted by atomic mass is 35.5. The summed E-state index contributed by atoms with van der Waals surface area (Å²) in [5, 5.41) is 3.75. The minimum absolute atomic E-state index is 0.00536. The standard InChI is InChI=1S/C31H27Cl2N3O5S/c32-24-12-10-23(11-13-24)19-35(42(39,40)26-16-14-25(33)15-17-26)21-30(37)36-20-29(41-28-9-5-4-8-27(28)36)31(38)34-18-22-6-2-1-3-7-22/h1-17,29H,18-21H2,(H,34,38)/t29-/m1/s1. The van der Waals surface area contributed by atoms with Crippen molar-refractivity contribution in [3.63, 3.8) is 0 Å². The Kier molecular flexibility index (Phi) is 9.13. The number of amides is 2. The van der Waals surface area contributed by atoms with E-state index in [-0.39, 0.29) is 18.0 Å². The summed E-state index contributed by atoms with van der Waals surface area (Å²) < 4.78 is 34.6. The van der Waals surface area contributed by atoms with Crippen molar-refractivity contribution in [2.75, 3.05) is 18.0 Å². The Morgan fingerprint density at radius 3 is 2.14 bits per heavy atom. The van der Waals surface area contributed by atoms with Crippen LogP contribution in [0.25, 0.3) is 0 Å². The lowest BCUT2D eigenvalue weighted by Crippen LogP contribution is -2.52. The minimum Gasteiger partial charge on any atom is -0.477 e. The van der Waals surface area contributed by atoms with Crippen molar-refractivity contribution in [3.05, 3.63) is 124 Å². The Bertz CT molecular complexity index is 1670. The number of halogens is 2. The van der Waals surface area contributed by atoms with E-state index in [0.29, 0.717) is 33.6 Å². The number of rotatable bonds is 9. The molecule has 4 aromatic carbocycles. The molecule has 0 spiro atoms. The largest absolute Gasteiger partial charge is 0.477 e. The van der Waals surface area contributed by atoms with E-state index < -0.39 is 34.5 Å². The second-order valence-electron chi connectivity index (χ2n) is 9.64. The van der Waals surface area contributed by atoms with Gasteiger partial charge < -0.3 is 15.0 Å². The molecule has 0 fully saturated rings. The zero-order valence-electron chi connectivity index (χ0n) is 22.3. The predicted molar refractivity (Wildman–Crippen MR) is 162 cm³/mol. The summed E-state index contributed by atoms with van der Waals surface area (Å²) in [4.78, 5) is 28.4. The molecule has 1 N–H and O–H groups in total. The Morgan fingerprint density at radius 2 is 1.45 bits per heavy atom. The van der Waals surface area contributed by atoms with Crippen molar-refractivity contribution in [2.45, 2.75) is 24.1 Å². The van der Waals surface area contributed by atoms with E-state index in [0.717, 1.165) is 9.87 Å². The SMILES string of the molecule is O=C(NCc1ccccc1)[C@H]1CN(C(=O)CN(Cc2ccc(Cl)cc2)S(=O)(=O)c2ccc(Cl)cc2)c2ccccc2O1. The number of sulfonamides is 1. The van der Waals surface area contributed by atoms with Gasteiger partial charge in [0.1, 0.15) is 5.75 Å². The van der Waals surface area contributed by atoms with E-state index in [2.05, 4.69) is 5.32 Å². The summed E-state index contributed by atoms with van der Waals surface area (Å²) in [6, 6.07) is 28.7. The molecule has 11 heteroatoms. The van der Waals surface area contributed by atoms with Crippen LogP contribution in [0.2, 0.25) is 10.0 Å². The van der Waals surface area contributed by atoms with Crippen LogP contribution in [0.5, 0.6) is 5.75 Å². The van der Waals surface area contributed by atoms with Crippen LogP contribution in [0, 0.1) is 0 Å². The highest BCUT2D eigenvalue weighted by Crippen LogP contribution is 2.34. The molecule has 216 valence electrons. The van der Waals surface area contributed by atoms with Crippen LogP contribution in [0.3, 0.4) is 0 Å². The van der Waals surface area contributed by atoms with Gasteiger partial charge in [-0.1, -0.05) is 77.8 Å². The fourth-order valence-electron chi connectivity index (χ4n) is 4.52. The molecule has 1 aliphatic heterocycles. The van der Waals surface area contributed by atoms with E-state index in [1.54, 1.807) is 48.5 Å². The van der Waals surface area contributed by atoms with Gasteiger partial charge in [-0.05, 0) is 59.7 Å². The molecule has 8 nitrogen and oxygen atoms in total. The highest BCUT2D eigenvalue weighted by molar-refractivity contribution is 7.89. The number of carbonyl (C=O) groups is 2. The van der Waals surface area contributed by atoms with E-state index in [1.165, 1.54) is 29.2 Å². The number of nitrogens with one attached hydrogen (secondary N) is 1. The van der Waals surface area contributed by atoms with Gasteiger partial charge in [0.2, 0.25) is 15.9 Å². The first-order valence-electron chi connectivity index (χ1n) is 13.1. The Hall–Kier alpha value is -3.89. The van der Waals surface area contributed by atoms with Crippen LogP contribution in [-0.4, -0.2) is 43.7 Å². The average molecular weight is 625 g/mol. The average Bonchev–Trinajstić information content (AvgIpc) is 3.00. The number of fused-ring (bicyclic) bond motifs is 1. The molecule has 2 amide bonds. The van der Waals surface area contributed by atoms with Crippen LogP contribution in [-0.2, 0) is 32.7 Å². The lowest BCUT2D eigenvalue weighted by molar-refractivity contribution is -0.128. The molecular weight excluding hydrogens is 597 g/mol. The minimum atomic E-state index is -4.12. The molecular formula is C31H27Cl2N3O5S. The van der Waals surface area contributed by atoms with Gasteiger partial charge in [0.05, 0.1) is 23.7 Å². The smallest absolute Gasteiger partial charge is 0.263 e. The van der Waals surface area contributed by atoms with Crippen LogP contribution in [0.15, 0.2) is 108 Å². The summed E-state index contributed by atoms with van der Waals surface area (Å²) in [5.41, 5.74) is 2.01. The number of carbonyl (C=O) groups excluding carboxylic acids is 2. The van der Waals surface area contributed by atoms with Gasteiger partial charge in [-0.15, -0.1) is 0 Å². The van der Waals surface area contributed by atoms with Crippen molar-refractivity contribution in [1.82, 2.24) is 9.62 Å². The summed E-state index contributed by atoms with van der Waals surface area (Å²) in [6.45, 7) is -0.364. The second kappa shape index (κ2) is 13.0. The predicted octanol–water partition coefficient (Wildman–Crippen LogP) is 5.29. The number of benzene rings is 4. The summed E-state index contributed by atoms with van der Waals surface area (Å²) >= 11 is 12.0. The van der Waals surface area contributed by atoms with E-state index in [9.17, 15) is 18.0 Å². The molecule has 0 aromatic heterocycles. The third-order valence-corrected chi connectivity index (χ3v) is 9.02. The fourth-order valence-corrected chi connectivity index (χ4v) is 6.15. The van der Waals surface area contributed by atoms with Gasteiger partial charge >= 0.3 is 0 Å². The zero-order valence-corrected chi connectivity index (χ0v) is 24.6. The Labute approximate surface area is 254 Å². The van der Waals surface area contributed by atoms with Gasteiger partial charge in [0.15, 0.2) is 6.10 Å². The lowest BCUT2D eigenvalue weighted by Gasteiger charge is -2.35. The van der Waals surface area contributed by atoms with Gasteiger partial charge in [0.25, 0.3) is 5.91 Å². The number of anilines is 1. The molecule has 0 saturated carbocycles. The van der Waals surface area contributed by atoms with Gasteiger partial charge in [-0.25, -0.2) is 8.42 Å². The van der Waals surface area contributed by atoms with E-state index in [4.69, 9.17) is 27.9 Å². The molecule has 5 rings (SSSR count). The molecule has 1 heterocycles. The van der Waals surface area contributed by atoms with Crippen LogP contribution in [0.1, 0.15) is 11.1 Å². The molecule has 42 heavy (non-hydrogen) atoms. The third-order valence-electron chi connectivity index (χ3n) is 6.71. The van der Waals surface area contributed by atoms with Crippen molar-refractivity contribution in [1.29, 1.82) is 0 Å². The first-order chi connectivity index (χ1) is 20.2. The molecule has 0 aliphatic carbocycles. The zero-order chi connectivity index (χ0) is 29.7. The van der Waals surface area contributed by atoms with Crippen molar-refractivity contribution < 1.29 is 22.7 Å². The normalized spacial score (nSPS) is 14.6. The third kappa shape index (κ3) is 6.94. The molecule has 1 aliphatic rings. The monoisotopic (exact) mass is 623 g/mol. The molecule has 1 atom stereocenters. The summed E-state index contributed by atoms with van der Waals surface area (Å²) in [5.74, 6) is -0.558. The first-order valence-corrected chi connectivity index (χ1v) is 15.3. The first kappa shape index (κ1) is 29.6. The highest BCUT2D eigenvalue weighted by Gasteiger charge is 2.36. The lowest BCUT2D eigenvalue weighted by atomic mass is 10.1. The molecule has 4 aromatic rings. The van der Waals surface area contributed by atoms with Gasteiger partial charge in [-0.2, -0.15) is 4.31 Å². The summed E-state index contributed by atoms with van der Waals surface area (Å²) in [6.07, 6.45) is -0.995. The number of nitrogens with zero attached hydrogens (tertiary/aromatic N) is 2. The molecule has 0 saturated heterocycles. The number of hydrogen-bond acceptors (Lipinski definition) is 5. The van der Waals surface area contributed by atoms with E-state index in [1.807, 2.05) is 30.3 Å². The molecule has 0 unspecified atom stereocenters. The quantitative estimate of drug-likeness (QED) is 0.273. The van der Waals surface area contributed by atoms with Crippen LogP contribution >= 0.6 is 23.2 Å². The summed E-state index contributed by atoms with van der Waals surface area (Å²) in [7, 11) is -4.12. The second-order valence-corrected chi connectivity index (χ2v) is 12.4. The topological polar surface area (TPSA) is 96.0 Å². The van der Waals surface area contributed by atoms with Crippen molar-refractivity contribution in [2.24, 2.45) is 0 Å². The van der Waals surface area contributed by atoms with Crippen LogP contribution in [0.4, 0.5) is 5.69 Å². The molecule has 0 bridgehead atoms. The van der Waals surface area contributed by atoms with Gasteiger partial charge in [0, 0.05) is 23.1 Å². The number of hydrogen-bond donors (Lipinski definition) is 1. The Morgan fingerprint density at radius 1 is 0.833 bits per heavy atom. The molecule has 0 radical (unpaired) electrons. The maximum absolute atomic E-state index is 13.9. The van der Waals surface area contributed by atoms with Crippen molar-refractivity contribution >= 4 is 50.7 Å². The fraction of sp³-hybridized carbons (Fsp3) is 0.161. The number of para-hydroxylation sites is 2. The maximum Gasteiger partial charge on any atom is 0.263 e.